The summed E-state index contributed by atoms with van der Waals surface area (Å²) in [6.45, 7) is -2.15. The molecule has 152 valence electrons. The van der Waals surface area contributed by atoms with Crippen molar-refractivity contribution in [2.45, 2.75) is 60.7 Å². The van der Waals surface area contributed by atoms with Crippen molar-refractivity contribution in [3.05, 3.63) is 0 Å². The van der Waals surface area contributed by atoms with Gasteiger partial charge in [-0.3, -0.25) is 0 Å². The van der Waals surface area contributed by atoms with E-state index in [9.17, 15) is 30.6 Å². The van der Waals surface area contributed by atoms with E-state index >= 15 is 0 Å². The zero-order valence-electron chi connectivity index (χ0n) is 13.4. The van der Waals surface area contributed by atoms with Crippen molar-refractivity contribution in [2.24, 2.45) is 0 Å². The van der Waals surface area contributed by atoms with Crippen LogP contribution in [0.5, 0.6) is 0 Å². The second-order valence-electron chi connectivity index (χ2n) is 6.35. The highest BCUT2D eigenvalue weighted by Gasteiger charge is 2.58. The van der Waals surface area contributed by atoms with E-state index in [1.54, 1.807) is 0 Å². The Morgan fingerprint density at radius 2 is 1.38 bits per heavy atom. The molecule has 9 atom stereocenters. The first-order valence-electron chi connectivity index (χ1n) is 7.75. The van der Waals surface area contributed by atoms with Crippen molar-refractivity contribution in [3.63, 3.8) is 0 Å². The molecule has 0 aromatic carbocycles. The molecule has 0 saturated carbocycles. The van der Waals surface area contributed by atoms with Crippen LogP contribution in [0.1, 0.15) is 6.42 Å². The van der Waals surface area contributed by atoms with Crippen molar-refractivity contribution in [3.8, 4) is 0 Å². The Morgan fingerprint density at radius 1 is 0.885 bits per heavy atom. The molecule has 0 radical (unpaired) electrons. The van der Waals surface area contributed by atoms with Gasteiger partial charge in [0, 0.05) is 6.42 Å². The fourth-order valence-electron chi connectivity index (χ4n) is 3.09. The Morgan fingerprint density at radius 3 is 1.81 bits per heavy atom. The van der Waals surface area contributed by atoms with E-state index in [1.165, 1.54) is 0 Å². The van der Waals surface area contributed by atoms with Crippen LogP contribution < -0.4 is 0 Å². The molecular formula is C12H23BO13. The summed E-state index contributed by atoms with van der Waals surface area (Å²) >= 11 is 0. The lowest BCUT2D eigenvalue weighted by molar-refractivity contribution is -0.259. The van der Waals surface area contributed by atoms with Gasteiger partial charge in [-0.15, -0.1) is 0 Å². The molecule has 0 spiro atoms. The van der Waals surface area contributed by atoms with Crippen LogP contribution in [-0.4, -0.2) is 126 Å². The minimum absolute atomic E-state index is 0.534. The van der Waals surface area contributed by atoms with E-state index in [0.717, 1.165) is 0 Å². The van der Waals surface area contributed by atoms with Gasteiger partial charge in [0.1, 0.15) is 30.5 Å². The molecule has 0 aliphatic carbocycles. The van der Waals surface area contributed by atoms with Gasteiger partial charge in [-0.2, -0.15) is 0 Å². The Balaban J connectivity index is 2.19. The minimum atomic E-state index is -2.55. The van der Waals surface area contributed by atoms with Crippen LogP contribution in [0.15, 0.2) is 0 Å². The smallest absolute Gasteiger partial charge is 0.402 e. The van der Waals surface area contributed by atoms with Gasteiger partial charge >= 0.3 is 7.32 Å². The molecule has 2 fully saturated rings. The standard InChI is InChI=1S/C12H23BO13/c14-2-11(20)9(18)6(16)4(24-11)1-5(26-13(22)23)8-7(17)10(19)12(21,3-15)25-8/h4-10,14-23H,1-3H2/t4-,5?,6-,7+,8-,9+,10-,11-,12+/m1/s1. The van der Waals surface area contributed by atoms with Crippen LogP contribution in [0.25, 0.3) is 0 Å². The molecule has 2 heterocycles. The Labute approximate surface area is 147 Å². The highest BCUT2D eigenvalue weighted by Crippen LogP contribution is 2.36. The lowest BCUT2D eigenvalue weighted by Crippen LogP contribution is -2.46. The third kappa shape index (κ3) is 3.88. The van der Waals surface area contributed by atoms with E-state index in [2.05, 4.69) is 0 Å². The monoisotopic (exact) mass is 386 g/mol. The number of ether oxygens (including phenoxy) is 2. The van der Waals surface area contributed by atoms with Crippen molar-refractivity contribution in [1.29, 1.82) is 0 Å². The lowest BCUT2D eigenvalue weighted by Gasteiger charge is -2.29. The molecule has 2 saturated heterocycles. The largest absolute Gasteiger partial charge is 0.634 e. The summed E-state index contributed by atoms with van der Waals surface area (Å²) in [4.78, 5) is 0. The summed E-state index contributed by atoms with van der Waals surface area (Å²) in [5, 5.41) is 95.6. The average molecular weight is 386 g/mol. The topological polar surface area (TPSA) is 230 Å². The molecule has 2 aliphatic rings. The number of aliphatic hydroxyl groups is 8. The number of hydrogen-bond acceptors (Lipinski definition) is 13. The van der Waals surface area contributed by atoms with E-state index in [4.69, 9.17) is 34.4 Å². The van der Waals surface area contributed by atoms with Crippen LogP contribution in [-0.2, 0) is 14.1 Å². The molecule has 0 aromatic heterocycles. The first-order valence-corrected chi connectivity index (χ1v) is 7.75. The van der Waals surface area contributed by atoms with Gasteiger partial charge in [0.15, 0.2) is 0 Å². The minimum Gasteiger partial charge on any atom is -0.402 e. The highest BCUT2D eigenvalue weighted by atomic mass is 16.7. The zero-order chi connectivity index (χ0) is 19.9. The van der Waals surface area contributed by atoms with Crippen LogP contribution in [0.4, 0.5) is 0 Å². The van der Waals surface area contributed by atoms with Gasteiger partial charge < -0.3 is 65.0 Å². The molecule has 10 N–H and O–H groups in total. The molecule has 0 bridgehead atoms. The lowest BCUT2D eigenvalue weighted by atomic mass is 9.95. The summed E-state index contributed by atoms with van der Waals surface area (Å²) in [7, 11) is -2.39. The third-order valence-electron chi connectivity index (χ3n) is 4.57. The number of aliphatic hydroxyl groups excluding tert-OH is 6. The summed E-state index contributed by atoms with van der Waals surface area (Å²) in [5.41, 5.74) is 0. The first kappa shape index (κ1) is 21.8. The van der Waals surface area contributed by atoms with Crippen molar-refractivity contribution >= 4 is 7.32 Å². The normalized spacial score (nSPS) is 47.3. The van der Waals surface area contributed by atoms with Gasteiger partial charge in [-0.25, -0.2) is 0 Å². The van der Waals surface area contributed by atoms with E-state index in [1.807, 2.05) is 0 Å². The quantitative estimate of drug-likeness (QED) is 0.184. The summed E-state index contributed by atoms with van der Waals surface area (Å²) in [6, 6.07) is 0. The molecule has 1 unspecified atom stereocenters. The Hall–Kier alpha value is -0.455. The SMILES string of the molecule is OC[C@@]1(O)O[C@H](CC(OB(O)O)[C@H]2O[C@@](O)(CO)[C@H](O)[C@H]2O)[C@@H](O)[C@@H]1O. The molecule has 2 aliphatic heterocycles. The second-order valence-corrected chi connectivity index (χ2v) is 6.35. The Bertz CT molecular complexity index is 482. The highest BCUT2D eigenvalue weighted by molar-refractivity contribution is 6.32. The average Bonchev–Trinajstić information content (AvgIpc) is 2.95. The second kappa shape index (κ2) is 7.88. The molecular weight excluding hydrogens is 363 g/mol. The van der Waals surface area contributed by atoms with Gasteiger partial charge in [0.05, 0.1) is 25.4 Å². The van der Waals surface area contributed by atoms with Crippen LogP contribution in [0.2, 0.25) is 0 Å². The van der Waals surface area contributed by atoms with Gasteiger partial charge in [-0.05, 0) is 0 Å². The van der Waals surface area contributed by atoms with Crippen LogP contribution >= 0.6 is 0 Å². The summed E-state index contributed by atoms with van der Waals surface area (Å²) in [5.74, 6) is -5.03. The van der Waals surface area contributed by atoms with Gasteiger partial charge in [0.25, 0.3) is 0 Å². The maximum atomic E-state index is 10.0. The zero-order valence-corrected chi connectivity index (χ0v) is 13.4. The summed E-state index contributed by atoms with van der Waals surface area (Å²) in [6.07, 6.45) is -12.5. The molecule has 14 heteroatoms. The predicted molar refractivity (Wildman–Crippen MR) is 77.5 cm³/mol. The summed E-state index contributed by atoms with van der Waals surface area (Å²) < 4.78 is 14.7. The van der Waals surface area contributed by atoms with Gasteiger partial charge in [0.2, 0.25) is 11.6 Å². The Kier molecular flexibility index (Phi) is 6.62. The molecule has 26 heavy (non-hydrogen) atoms. The molecule has 0 aromatic rings. The number of hydrogen-bond donors (Lipinski definition) is 10. The molecule has 0 amide bonds. The van der Waals surface area contributed by atoms with Crippen molar-refractivity contribution in [2.75, 3.05) is 13.2 Å². The number of rotatable bonds is 7. The van der Waals surface area contributed by atoms with E-state index in [-0.39, 0.29) is 0 Å². The maximum absolute atomic E-state index is 10.0. The van der Waals surface area contributed by atoms with Crippen LogP contribution in [0, 0.1) is 0 Å². The maximum Gasteiger partial charge on any atom is 0.634 e. The first-order chi connectivity index (χ1) is 12.0. The van der Waals surface area contributed by atoms with E-state index < -0.39 is 81.3 Å². The third-order valence-corrected chi connectivity index (χ3v) is 4.57. The molecule has 13 nitrogen and oxygen atoms in total. The van der Waals surface area contributed by atoms with Crippen molar-refractivity contribution in [1.82, 2.24) is 0 Å². The predicted octanol–water partition coefficient (Wildman–Crippen LogP) is -6.67. The van der Waals surface area contributed by atoms with Gasteiger partial charge in [-0.1, -0.05) is 0 Å². The van der Waals surface area contributed by atoms with Crippen LogP contribution in [0.3, 0.4) is 0 Å². The van der Waals surface area contributed by atoms with E-state index in [0.29, 0.717) is 0 Å². The molecule has 2 rings (SSSR count). The van der Waals surface area contributed by atoms with Crippen molar-refractivity contribution < 1.29 is 65.0 Å². The fourth-order valence-corrected chi connectivity index (χ4v) is 3.09. The fraction of sp³-hybridized carbons (Fsp3) is 1.00.